The number of rotatable bonds is 7. The number of benzene rings is 1. The van der Waals surface area contributed by atoms with Crippen LogP contribution in [0.5, 0.6) is 5.75 Å². The highest BCUT2D eigenvalue weighted by molar-refractivity contribution is 5.33. The summed E-state index contributed by atoms with van der Waals surface area (Å²) in [5, 5.41) is 0. The molecule has 106 valence electrons. The minimum absolute atomic E-state index is 0.211. The topological polar surface area (TPSA) is 44.5 Å². The molecule has 2 unspecified atom stereocenters. The van der Waals surface area contributed by atoms with Crippen LogP contribution in [-0.4, -0.2) is 25.4 Å². The lowest BCUT2D eigenvalue weighted by Crippen LogP contribution is -2.22. The van der Waals surface area contributed by atoms with Gasteiger partial charge in [0.05, 0.1) is 12.7 Å². The van der Waals surface area contributed by atoms with E-state index in [1.54, 1.807) is 0 Å². The van der Waals surface area contributed by atoms with Crippen LogP contribution in [0.15, 0.2) is 24.3 Å². The molecule has 2 N–H and O–H groups in total. The van der Waals surface area contributed by atoms with Crippen LogP contribution in [0.25, 0.3) is 0 Å². The van der Waals surface area contributed by atoms with Gasteiger partial charge in [-0.05, 0) is 37.3 Å². The first-order valence-corrected chi connectivity index (χ1v) is 7.37. The zero-order valence-electron chi connectivity index (χ0n) is 11.8. The molecule has 0 saturated carbocycles. The fraction of sp³-hybridized carbons (Fsp3) is 0.625. The van der Waals surface area contributed by atoms with Crippen LogP contribution in [0, 0.1) is 0 Å². The SMILES string of the molecule is CCC(N)Cc1ccccc1OCCC1CCCO1. The van der Waals surface area contributed by atoms with Crippen molar-refractivity contribution in [2.75, 3.05) is 13.2 Å². The Bertz CT molecular complexity index is 375. The fourth-order valence-electron chi connectivity index (χ4n) is 2.41. The molecule has 3 nitrogen and oxygen atoms in total. The molecule has 1 heterocycles. The molecule has 0 spiro atoms. The summed E-state index contributed by atoms with van der Waals surface area (Å²) in [6, 6.07) is 8.42. The first-order valence-electron chi connectivity index (χ1n) is 7.37. The van der Waals surface area contributed by atoms with E-state index < -0.39 is 0 Å². The molecular weight excluding hydrogens is 238 g/mol. The Hall–Kier alpha value is -1.06. The van der Waals surface area contributed by atoms with Gasteiger partial charge in [-0.25, -0.2) is 0 Å². The van der Waals surface area contributed by atoms with Gasteiger partial charge in [-0.15, -0.1) is 0 Å². The highest BCUT2D eigenvalue weighted by Crippen LogP contribution is 2.21. The van der Waals surface area contributed by atoms with Gasteiger partial charge in [0.1, 0.15) is 5.75 Å². The van der Waals surface area contributed by atoms with Gasteiger partial charge in [0, 0.05) is 19.1 Å². The molecule has 0 aliphatic carbocycles. The van der Waals surface area contributed by atoms with Crippen LogP contribution in [0.2, 0.25) is 0 Å². The molecule has 1 aliphatic rings. The second kappa shape index (κ2) is 7.51. The predicted molar refractivity (Wildman–Crippen MR) is 77.5 cm³/mol. The molecule has 1 fully saturated rings. The normalized spacial score (nSPS) is 20.4. The van der Waals surface area contributed by atoms with Crippen molar-refractivity contribution in [1.82, 2.24) is 0 Å². The molecule has 3 heteroatoms. The Morgan fingerprint density at radius 1 is 1.42 bits per heavy atom. The van der Waals surface area contributed by atoms with E-state index in [1.807, 2.05) is 18.2 Å². The van der Waals surface area contributed by atoms with Crippen LogP contribution in [-0.2, 0) is 11.2 Å². The zero-order valence-corrected chi connectivity index (χ0v) is 11.8. The van der Waals surface area contributed by atoms with Crippen LogP contribution in [0.4, 0.5) is 0 Å². The summed E-state index contributed by atoms with van der Waals surface area (Å²) < 4.78 is 11.5. The third kappa shape index (κ3) is 4.51. The van der Waals surface area contributed by atoms with Gasteiger partial charge >= 0.3 is 0 Å². The average Bonchev–Trinajstić information content (AvgIpc) is 2.94. The molecule has 2 atom stereocenters. The molecule has 1 saturated heterocycles. The zero-order chi connectivity index (χ0) is 13.5. The molecule has 19 heavy (non-hydrogen) atoms. The summed E-state index contributed by atoms with van der Waals surface area (Å²) in [5.41, 5.74) is 7.24. The lowest BCUT2D eigenvalue weighted by Gasteiger charge is -2.15. The number of nitrogens with two attached hydrogens (primary N) is 1. The van der Waals surface area contributed by atoms with E-state index in [1.165, 1.54) is 18.4 Å². The first-order chi connectivity index (χ1) is 9.29. The number of hydrogen-bond donors (Lipinski definition) is 1. The van der Waals surface area contributed by atoms with E-state index in [0.717, 1.165) is 38.2 Å². The van der Waals surface area contributed by atoms with Crippen molar-refractivity contribution in [3.8, 4) is 5.75 Å². The van der Waals surface area contributed by atoms with Crippen LogP contribution >= 0.6 is 0 Å². The van der Waals surface area contributed by atoms with E-state index in [0.29, 0.717) is 6.10 Å². The quantitative estimate of drug-likeness (QED) is 0.822. The number of hydrogen-bond acceptors (Lipinski definition) is 3. The lowest BCUT2D eigenvalue weighted by molar-refractivity contribution is 0.0902. The maximum Gasteiger partial charge on any atom is 0.122 e. The molecule has 2 rings (SSSR count). The van der Waals surface area contributed by atoms with Crippen molar-refractivity contribution in [3.05, 3.63) is 29.8 Å². The highest BCUT2D eigenvalue weighted by Gasteiger charge is 2.15. The van der Waals surface area contributed by atoms with Gasteiger partial charge in [-0.1, -0.05) is 25.1 Å². The smallest absolute Gasteiger partial charge is 0.122 e. The Labute approximate surface area is 116 Å². The molecule has 1 aromatic carbocycles. The van der Waals surface area contributed by atoms with Gasteiger partial charge in [-0.2, -0.15) is 0 Å². The van der Waals surface area contributed by atoms with Gasteiger partial charge in [0.15, 0.2) is 0 Å². The van der Waals surface area contributed by atoms with E-state index in [9.17, 15) is 0 Å². The Morgan fingerprint density at radius 3 is 3.00 bits per heavy atom. The fourth-order valence-corrected chi connectivity index (χ4v) is 2.41. The second-order valence-electron chi connectivity index (χ2n) is 5.25. The molecule has 1 aliphatic heterocycles. The van der Waals surface area contributed by atoms with E-state index in [2.05, 4.69) is 13.0 Å². The van der Waals surface area contributed by atoms with Gasteiger partial charge in [0.25, 0.3) is 0 Å². The summed E-state index contributed by atoms with van der Waals surface area (Å²) in [4.78, 5) is 0. The summed E-state index contributed by atoms with van der Waals surface area (Å²) in [6.07, 6.45) is 5.61. The highest BCUT2D eigenvalue weighted by atomic mass is 16.5. The molecule has 0 radical (unpaired) electrons. The Morgan fingerprint density at radius 2 is 2.26 bits per heavy atom. The summed E-state index contributed by atoms with van der Waals surface area (Å²) in [7, 11) is 0. The minimum Gasteiger partial charge on any atom is -0.493 e. The van der Waals surface area contributed by atoms with Crippen LogP contribution in [0.3, 0.4) is 0 Å². The van der Waals surface area contributed by atoms with Crippen molar-refractivity contribution < 1.29 is 9.47 Å². The summed E-state index contributed by atoms with van der Waals surface area (Å²) >= 11 is 0. The van der Waals surface area contributed by atoms with Gasteiger partial charge < -0.3 is 15.2 Å². The van der Waals surface area contributed by atoms with Crippen LogP contribution in [0.1, 0.15) is 38.2 Å². The largest absolute Gasteiger partial charge is 0.493 e. The van der Waals surface area contributed by atoms with E-state index in [4.69, 9.17) is 15.2 Å². The van der Waals surface area contributed by atoms with Crippen molar-refractivity contribution in [2.24, 2.45) is 5.73 Å². The third-order valence-corrected chi connectivity index (χ3v) is 3.70. The number of para-hydroxylation sites is 1. The van der Waals surface area contributed by atoms with E-state index in [-0.39, 0.29) is 6.04 Å². The lowest BCUT2D eigenvalue weighted by atomic mass is 10.0. The van der Waals surface area contributed by atoms with Gasteiger partial charge in [-0.3, -0.25) is 0 Å². The second-order valence-corrected chi connectivity index (χ2v) is 5.25. The monoisotopic (exact) mass is 263 g/mol. The van der Waals surface area contributed by atoms with Crippen molar-refractivity contribution in [1.29, 1.82) is 0 Å². The summed E-state index contributed by atoms with van der Waals surface area (Å²) in [5.74, 6) is 0.976. The van der Waals surface area contributed by atoms with Crippen molar-refractivity contribution in [3.63, 3.8) is 0 Å². The summed E-state index contributed by atoms with van der Waals surface area (Å²) in [6.45, 7) is 3.75. The van der Waals surface area contributed by atoms with E-state index >= 15 is 0 Å². The maximum atomic E-state index is 6.03. The standard InChI is InChI=1S/C16H25NO2/c1-2-14(17)12-13-6-3-4-8-16(13)19-11-9-15-7-5-10-18-15/h3-4,6,8,14-15H,2,5,7,9-12,17H2,1H3. The molecular formula is C16H25NO2. The molecule has 1 aromatic rings. The minimum atomic E-state index is 0.211. The van der Waals surface area contributed by atoms with Gasteiger partial charge in [0.2, 0.25) is 0 Å². The Balaban J connectivity index is 1.84. The predicted octanol–water partition coefficient (Wildman–Crippen LogP) is 2.91. The average molecular weight is 263 g/mol. The third-order valence-electron chi connectivity index (χ3n) is 3.70. The van der Waals surface area contributed by atoms with Crippen LogP contribution < -0.4 is 10.5 Å². The first kappa shape index (κ1) is 14.4. The van der Waals surface area contributed by atoms with Crippen molar-refractivity contribution in [2.45, 2.75) is 51.2 Å². The van der Waals surface area contributed by atoms with Crippen molar-refractivity contribution >= 4 is 0 Å². The number of ether oxygens (including phenoxy) is 2. The molecule has 0 amide bonds. The Kier molecular flexibility index (Phi) is 5.67. The maximum absolute atomic E-state index is 6.03. The molecule has 0 bridgehead atoms. The molecule has 0 aromatic heterocycles.